The van der Waals surface area contributed by atoms with Gasteiger partial charge in [0, 0.05) is 18.8 Å². The molecule has 0 aliphatic carbocycles. The van der Waals surface area contributed by atoms with Gasteiger partial charge in [-0.25, -0.2) is 4.79 Å². The van der Waals surface area contributed by atoms with Crippen LogP contribution >= 0.6 is 0 Å². The highest BCUT2D eigenvalue weighted by molar-refractivity contribution is 6.02. The van der Waals surface area contributed by atoms with Gasteiger partial charge in [0.1, 0.15) is 0 Å². The highest BCUT2D eigenvalue weighted by Crippen LogP contribution is 2.27. The lowest BCUT2D eigenvalue weighted by Gasteiger charge is -2.30. The van der Waals surface area contributed by atoms with E-state index in [9.17, 15) is 4.79 Å². The average Bonchev–Trinajstić information content (AvgIpc) is 2.76. The van der Waals surface area contributed by atoms with Crippen molar-refractivity contribution in [3.05, 3.63) is 78.9 Å². The van der Waals surface area contributed by atoms with Crippen LogP contribution in [0.2, 0.25) is 0 Å². The van der Waals surface area contributed by atoms with Crippen molar-refractivity contribution in [2.45, 2.75) is 0 Å². The molecule has 0 bridgehead atoms. The number of anilines is 3. The number of hydrogen-bond acceptors (Lipinski definition) is 3. The number of urea groups is 1. The van der Waals surface area contributed by atoms with Crippen molar-refractivity contribution in [1.29, 1.82) is 0 Å². The summed E-state index contributed by atoms with van der Waals surface area (Å²) in [6.45, 7) is 3.05. The van der Waals surface area contributed by atoms with Crippen LogP contribution in [-0.4, -0.2) is 32.3 Å². The minimum atomic E-state index is -0.256. The van der Waals surface area contributed by atoms with E-state index in [4.69, 9.17) is 4.74 Å². The van der Waals surface area contributed by atoms with Crippen LogP contribution in [-0.2, 0) is 4.74 Å². The zero-order chi connectivity index (χ0) is 19.2. The molecule has 1 saturated heterocycles. The van der Waals surface area contributed by atoms with Crippen molar-refractivity contribution in [2.75, 3.05) is 41.8 Å². The molecule has 5 heteroatoms. The topological polar surface area (TPSA) is 53.6 Å². The molecule has 3 aromatic carbocycles. The van der Waals surface area contributed by atoms with Gasteiger partial charge in [-0.2, -0.15) is 0 Å². The Morgan fingerprint density at radius 1 is 0.750 bits per heavy atom. The maximum Gasteiger partial charge on any atom is 0.323 e. The Morgan fingerprint density at radius 2 is 1.39 bits per heavy atom. The maximum absolute atomic E-state index is 12.5. The first-order chi connectivity index (χ1) is 13.8. The highest BCUT2D eigenvalue weighted by atomic mass is 16.5. The van der Waals surface area contributed by atoms with E-state index >= 15 is 0 Å². The molecule has 1 fully saturated rings. The molecule has 1 aliphatic heterocycles. The first-order valence-electron chi connectivity index (χ1n) is 9.45. The van der Waals surface area contributed by atoms with E-state index in [1.54, 1.807) is 0 Å². The molecule has 3 aromatic rings. The van der Waals surface area contributed by atoms with E-state index in [2.05, 4.69) is 27.7 Å². The lowest BCUT2D eigenvalue weighted by Crippen LogP contribution is -2.36. The van der Waals surface area contributed by atoms with Crippen molar-refractivity contribution in [3.8, 4) is 11.1 Å². The molecule has 5 nitrogen and oxygen atoms in total. The fourth-order valence-electron chi connectivity index (χ4n) is 3.32. The van der Waals surface area contributed by atoms with Gasteiger partial charge in [-0.15, -0.1) is 0 Å². The van der Waals surface area contributed by atoms with Gasteiger partial charge in [0.2, 0.25) is 0 Å². The van der Waals surface area contributed by atoms with Crippen molar-refractivity contribution in [2.24, 2.45) is 0 Å². The number of nitrogens with zero attached hydrogens (tertiary/aromatic N) is 1. The number of morpholine rings is 1. The summed E-state index contributed by atoms with van der Waals surface area (Å²) in [4.78, 5) is 14.7. The Hall–Kier alpha value is -3.31. The van der Waals surface area contributed by atoms with E-state index in [1.165, 1.54) is 0 Å². The second-order valence-electron chi connectivity index (χ2n) is 6.64. The highest BCUT2D eigenvalue weighted by Gasteiger charge is 2.15. The zero-order valence-corrected chi connectivity index (χ0v) is 15.6. The molecule has 0 atom stereocenters. The summed E-state index contributed by atoms with van der Waals surface area (Å²) in [6, 6.07) is 25.6. The van der Waals surface area contributed by atoms with E-state index in [0.29, 0.717) is 13.2 Å². The summed E-state index contributed by atoms with van der Waals surface area (Å²) in [7, 11) is 0. The molecule has 2 amide bonds. The number of para-hydroxylation sites is 2. The zero-order valence-electron chi connectivity index (χ0n) is 15.6. The van der Waals surface area contributed by atoms with Gasteiger partial charge in [0.15, 0.2) is 0 Å². The predicted octanol–water partition coefficient (Wildman–Crippen LogP) is 4.83. The lowest BCUT2D eigenvalue weighted by atomic mass is 10.1. The van der Waals surface area contributed by atoms with Crippen LogP contribution in [0.5, 0.6) is 0 Å². The number of ether oxygens (including phenoxy) is 1. The smallest absolute Gasteiger partial charge is 0.323 e. The van der Waals surface area contributed by atoms with E-state index in [1.807, 2.05) is 66.7 Å². The molecule has 2 N–H and O–H groups in total. The van der Waals surface area contributed by atoms with Gasteiger partial charge >= 0.3 is 6.03 Å². The summed E-state index contributed by atoms with van der Waals surface area (Å²) >= 11 is 0. The summed E-state index contributed by atoms with van der Waals surface area (Å²) < 4.78 is 5.42. The number of rotatable bonds is 4. The molecule has 0 radical (unpaired) electrons. The van der Waals surface area contributed by atoms with Crippen molar-refractivity contribution in [3.63, 3.8) is 0 Å². The Balaban J connectivity index is 1.42. The second kappa shape index (κ2) is 8.59. The Bertz CT molecular complexity index is 920. The van der Waals surface area contributed by atoms with Gasteiger partial charge in [0.05, 0.1) is 24.6 Å². The third-order valence-corrected chi connectivity index (χ3v) is 4.75. The Labute approximate surface area is 164 Å². The number of carbonyl (C=O) groups is 1. The van der Waals surface area contributed by atoms with Gasteiger partial charge in [-0.05, 0) is 35.4 Å². The predicted molar refractivity (Wildman–Crippen MR) is 114 cm³/mol. The van der Waals surface area contributed by atoms with Crippen LogP contribution < -0.4 is 15.5 Å². The molecular formula is C23H23N3O2. The fraction of sp³-hybridized carbons (Fsp3) is 0.174. The minimum Gasteiger partial charge on any atom is -0.378 e. The molecule has 0 spiro atoms. The van der Waals surface area contributed by atoms with Crippen LogP contribution in [0.4, 0.5) is 21.9 Å². The number of carbonyl (C=O) groups excluding carboxylic acids is 1. The first-order valence-corrected chi connectivity index (χ1v) is 9.45. The molecule has 1 heterocycles. The van der Waals surface area contributed by atoms with Crippen LogP contribution in [0.25, 0.3) is 11.1 Å². The van der Waals surface area contributed by atoms with Gasteiger partial charge in [0.25, 0.3) is 0 Å². The molecule has 0 aromatic heterocycles. The minimum absolute atomic E-state index is 0.256. The Morgan fingerprint density at radius 3 is 2.14 bits per heavy atom. The molecule has 1 aliphatic rings. The van der Waals surface area contributed by atoms with Gasteiger partial charge in [-0.1, -0.05) is 54.6 Å². The van der Waals surface area contributed by atoms with Gasteiger partial charge < -0.3 is 20.3 Å². The normalized spacial score (nSPS) is 13.8. The summed E-state index contributed by atoms with van der Waals surface area (Å²) in [5.41, 5.74) is 4.83. The quantitative estimate of drug-likeness (QED) is 0.688. The number of amides is 2. The largest absolute Gasteiger partial charge is 0.378 e. The van der Waals surface area contributed by atoms with Crippen LogP contribution in [0.1, 0.15) is 0 Å². The molecule has 142 valence electrons. The third kappa shape index (κ3) is 4.32. The molecule has 28 heavy (non-hydrogen) atoms. The maximum atomic E-state index is 12.5. The standard InChI is InChI=1S/C23H23N3O2/c27-23(24-20-12-10-19(11-13-20)18-6-2-1-3-7-18)25-21-8-4-5-9-22(21)26-14-16-28-17-15-26/h1-13H,14-17H2,(H2,24,25,27). The molecule has 0 unspecified atom stereocenters. The molecular weight excluding hydrogens is 350 g/mol. The third-order valence-electron chi connectivity index (χ3n) is 4.75. The number of benzene rings is 3. The molecule has 4 rings (SSSR count). The van der Waals surface area contributed by atoms with E-state index < -0.39 is 0 Å². The number of hydrogen-bond donors (Lipinski definition) is 2. The van der Waals surface area contributed by atoms with Crippen LogP contribution in [0.3, 0.4) is 0 Å². The van der Waals surface area contributed by atoms with Crippen LogP contribution in [0, 0.1) is 0 Å². The summed E-state index contributed by atoms with van der Waals surface area (Å²) in [5.74, 6) is 0. The van der Waals surface area contributed by atoms with Crippen molar-refractivity contribution >= 4 is 23.1 Å². The average molecular weight is 373 g/mol. The molecule has 0 saturated carbocycles. The Kier molecular flexibility index (Phi) is 5.54. The SMILES string of the molecule is O=C(Nc1ccc(-c2ccccc2)cc1)Nc1ccccc1N1CCOCC1. The second-order valence-corrected chi connectivity index (χ2v) is 6.64. The number of nitrogens with one attached hydrogen (secondary N) is 2. The summed E-state index contributed by atoms with van der Waals surface area (Å²) in [5, 5.41) is 5.88. The monoisotopic (exact) mass is 373 g/mol. The van der Waals surface area contributed by atoms with Gasteiger partial charge in [-0.3, -0.25) is 0 Å². The van der Waals surface area contributed by atoms with Crippen LogP contribution in [0.15, 0.2) is 78.9 Å². The fourth-order valence-corrected chi connectivity index (χ4v) is 3.32. The lowest BCUT2D eigenvalue weighted by molar-refractivity contribution is 0.123. The van der Waals surface area contributed by atoms with E-state index in [0.717, 1.165) is 41.3 Å². The first kappa shape index (κ1) is 18.1. The van der Waals surface area contributed by atoms with Crippen molar-refractivity contribution < 1.29 is 9.53 Å². The van der Waals surface area contributed by atoms with E-state index in [-0.39, 0.29) is 6.03 Å². The van der Waals surface area contributed by atoms with Crippen molar-refractivity contribution in [1.82, 2.24) is 0 Å². The summed E-state index contributed by atoms with van der Waals surface area (Å²) in [6.07, 6.45) is 0.